The van der Waals surface area contributed by atoms with Gasteiger partial charge in [0.25, 0.3) is 0 Å². The molecule has 0 fully saturated rings. The summed E-state index contributed by atoms with van der Waals surface area (Å²) in [5, 5.41) is 10.1. The largest absolute Gasteiger partial charge is 0.388 e. The maximum Gasteiger partial charge on any atom is 0.0816 e. The van der Waals surface area contributed by atoms with E-state index in [9.17, 15) is 5.11 Å². The minimum absolute atomic E-state index is 0.188. The van der Waals surface area contributed by atoms with Gasteiger partial charge in [0.05, 0.1) is 6.10 Å². The Hall–Kier alpha value is 0.1000. The van der Waals surface area contributed by atoms with Gasteiger partial charge in [-0.2, -0.15) is 0 Å². The van der Waals surface area contributed by atoms with E-state index in [4.69, 9.17) is 4.74 Å². The van der Waals surface area contributed by atoms with Crippen molar-refractivity contribution in [3.8, 4) is 0 Å². The van der Waals surface area contributed by atoms with Gasteiger partial charge in [-0.15, -0.1) is 0 Å². The third kappa shape index (κ3) is 3.84. The van der Waals surface area contributed by atoms with E-state index >= 15 is 0 Å². The zero-order valence-corrected chi connectivity index (χ0v) is 12.6. The first-order valence-corrected chi connectivity index (χ1v) is 6.76. The molecular formula is C12H16Br2O2. The van der Waals surface area contributed by atoms with E-state index in [-0.39, 0.29) is 5.92 Å². The Morgan fingerprint density at radius 2 is 2.00 bits per heavy atom. The molecule has 0 aromatic heterocycles. The fraction of sp³-hybridized carbons (Fsp3) is 0.500. The summed E-state index contributed by atoms with van der Waals surface area (Å²) in [7, 11) is 1.68. The summed E-state index contributed by atoms with van der Waals surface area (Å²) < 4.78 is 6.97. The van der Waals surface area contributed by atoms with Gasteiger partial charge in [0.15, 0.2) is 0 Å². The second-order valence-electron chi connectivity index (χ2n) is 3.88. The maximum atomic E-state index is 10.1. The highest BCUT2D eigenvalue weighted by atomic mass is 79.9. The summed E-state index contributed by atoms with van der Waals surface area (Å²) in [6.07, 6.45) is 0.408. The molecule has 2 unspecified atom stereocenters. The summed E-state index contributed by atoms with van der Waals surface area (Å²) in [6, 6.07) is 5.81. The predicted molar refractivity (Wildman–Crippen MR) is 72.5 cm³/mol. The fourth-order valence-corrected chi connectivity index (χ4v) is 2.13. The molecule has 90 valence electrons. The van der Waals surface area contributed by atoms with Crippen molar-refractivity contribution >= 4 is 31.9 Å². The first kappa shape index (κ1) is 14.2. The minimum atomic E-state index is -0.445. The van der Waals surface area contributed by atoms with Crippen molar-refractivity contribution < 1.29 is 9.84 Å². The van der Waals surface area contributed by atoms with Crippen molar-refractivity contribution in [3.63, 3.8) is 0 Å². The van der Waals surface area contributed by atoms with Gasteiger partial charge in [-0.05, 0) is 61.9 Å². The first-order chi connectivity index (χ1) is 7.56. The number of benzene rings is 1. The Morgan fingerprint density at radius 3 is 2.56 bits per heavy atom. The Morgan fingerprint density at radius 1 is 1.31 bits per heavy atom. The normalized spacial score (nSPS) is 14.8. The van der Waals surface area contributed by atoms with Crippen molar-refractivity contribution in [2.24, 2.45) is 5.92 Å². The second kappa shape index (κ2) is 6.74. The summed E-state index contributed by atoms with van der Waals surface area (Å²) in [5.41, 5.74) is 0.929. The van der Waals surface area contributed by atoms with E-state index < -0.39 is 6.10 Å². The van der Waals surface area contributed by atoms with Crippen molar-refractivity contribution in [3.05, 3.63) is 32.7 Å². The first-order valence-electron chi connectivity index (χ1n) is 5.18. The molecule has 0 heterocycles. The molecule has 0 aliphatic rings. The molecule has 1 N–H and O–H groups in total. The molecule has 0 saturated heterocycles. The molecule has 0 aliphatic carbocycles. The third-order valence-electron chi connectivity index (χ3n) is 2.60. The summed E-state index contributed by atoms with van der Waals surface area (Å²) in [4.78, 5) is 0. The molecule has 0 bridgehead atoms. The average Bonchev–Trinajstić information content (AvgIpc) is 2.28. The number of rotatable bonds is 5. The lowest BCUT2D eigenvalue weighted by atomic mass is 9.95. The van der Waals surface area contributed by atoms with E-state index in [2.05, 4.69) is 31.9 Å². The van der Waals surface area contributed by atoms with E-state index in [0.29, 0.717) is 6.61 Å². The molecule has 2 atom stereocenters. The van der Waals surface area contributed by atoms with Crippen LogP contribution >= 0.6 is 31.9 Å². The average molecular weight is 352 g/mol. The Bertz CT molecular complexity index is 342. The summed E-state index contributed by atoms with van der Waals surface area (Å²) in [5.74, 6) is 0.188. The van der Waals surface area contributed by atoms with Crippen molar-refractivity contribution in [1.29, 1.82) is 0 Å². The van der Waals surface area contributed by atoms with Gasteiger partial charge < -0.3 is 9.84 Å². The van der Waals surface area contributed by atoms with Gasteiger partial charge in [-0.1, -0.05) is 13.0 Å². The van der Waals surface area contributed by atoms with Crippen LogP contribution in [0.5, 0.6) is 0 Å². The number of ether oxygens (including phenoxy) is 1. The van der Waals surface area contributed by atoms with Crippen LogP contribution in [-0.4, -0.2) is 18.8 Å². The smallest absolute Gasteiger partial charge is 0.0816 e. The standard InChI is InChI=1S/C12H16Br2O2/c1-8(5-6-16-2)12(15)9-3-4-10(13)11(14)7-9/h3-4,7-8,12,15H,5-6H2,1-2H3. The van der Waals surface area contributed by atoms with E-state index in [0.717, 1.165) is 20.9 Å². The summed E-state index contributed by atoms with van der Waals surface area (Å²) in [6.45, 7) is 2.70. The van der Waals surface area contributed by atoms with Crippen LogP contribution < -0.4 is 0 Å². The Kier molecular flexibility index (Phi) is 5.97. The van der Waals surface area contributed by atoms with Gasteiger partial charge >= 0.3 is 0 Å². The van der Waals surface area contributed by atoms with Crippen LogP contribution in [-0.2, 0) is 4.74 Å². The Labute approximate surface area is 113 Å². The predicted octanol–water partition coefficient (Wildman–Crippen LogP) is 3.92. The van der Waals surface area contributed by atoms with Gasteiger partial charge in [0.2, 0.25) is 0 Å². The lowest BCUT2D eigenvalue weighted by Crippen LogP contribution is -2.11. The van der Waals surface area contributed by atoms with Crippen LogP contribution in [0.3, 0.4) is 0 Å². The number of halogens is 2. The van der Waals surface area contributed by atoms with Gasteiger partial charge in [0, 0.05) is 22.7 Å². The van der Waals surface area contributed by atoms with Crippen LogP contribution in [0.4, 0.5) is 0 Å². The van der Waals surface area contributed by atoms with Crippen LogP contribution in [0.1, 0.15) is 25.0 Å². The zero-order chi connectivity index (χ0) is 12.1. The Balaban J connectivity index is 2.71. The second-order valence-corrected chi connectivity index (χ2v) is 5.59. The van der Waals surface area contributed by atoms with Gasteiger partial charge in [-0.25, -0.2) is 0 Å². The van der Waals surface area contributed by atoms with E-state index in [1.807, 2.05) is 25.1 Å². The van der Waals surface area contributed by atoms with Crippen molar-refractivity contribution in [2.45, 2.75) is 19.4 Å². The third-order valence-corrected chi connectivity index (χ3v) is 4.48. The highest BCUT2D eigenvalue weighted by molar-refractivity contribution is 9.13. The SMILES string of the molecule is COCCC(C)C(O)c1ccc(Br)c(Br)c1. The van der Waals surface area contributed by atoms with E-state index in [1.165, 1.54) is 0 Å². The molecule has 1 aromatic rings. The molecule has 0 amide bonds. The molecule has 0 radical (unpaired) electrons. The minimum Gasteiger partial charge on any atom is -0.388 e. The summed E-state index contributed by atoms with van der Waals surface area (Å²) >= 11 is 6.84. The zero-order valence-electron chi connectivity index (χ0n) is 9.41. The van der Waals surface area contributed by atoms with Gasteiger partial charge in [-0.3, -0.25) is 0 Å². The fourth-order valence-electron chi connectivity index (χ4n) is 1.49. The molecular weight excluding hydrogens is 336 g/mol. The van der Waals surface area contributed by atoms with E-state index in [1.54, 1.807) is 7.11 Å². The topological polar surface area (TPSA) is 29.5 Å². The highest BCUT2D eigenvalue weighted by Crippen LogP contribution is 2.30. The molecule has 1 aromatic carbocycles. The van der Waals surface area contributed by atoms with Crippen molar-refractivity contribution in [2.75, 3.05) is 13.7 Å². The number of aliphatic hydroxyl groups is 1. The molecule has 1 rings (SSSR count). The monoisotopic (exact) mass is 350 g/mol. The number of hydrogen-bond donors (Lipinski definition) is 1. The lowest BCUT2D eigenvalue weighted by molar-refractivity contribution is 0.0885. The molecule has 0 spiro atoms. The van der Waals surface area contributed by atoms with Crippen LogP contribution in [0, 0.1) is 5.92 Å². The number of aliphatic hydroxyl groups excluding tert-OH is 1. The number of hydrogen-bond acceptors (Lipinski definition) is 2. The molecule has 0 aliphatic heterocycles. The van der Waals surface area contributed by atoms with Crippen LogP contribution in [0.25, 0.3) is 0 Å². The van der Waals surface area contributed by atoms with Crippen LogP contribution in [0.2, 0.25) is 0 Å². The molecule has 2 nitrogen and oxygen atoms in total. The molecule has 4 heteroatoms. The lowest BCUT2D eigenvalue weighted by Gasteiger charge is -2.19. The quantitative estimate of drug-likeness (QED) is 0.871. The number of methoxy groups -OCH3 is 1. The van der Waals surface area contributed by atoms with Crippen molar-refractivity contribution in [1.82, 2.24) is 0 Å². The van der Waals surface area contributed by atoms with Crippen LogP contribution in [0.15, 0.2) is 27.1 Å². The van der Waals surface area contributed by atoms with Gasteiger partial charge in [0.1, 0.15) is 0 Å². The maximum absolute atomic E-state index is 10.1. The molecule has 0 saturated carbocycles. The highest BCUT2D eigenvalue weighted by Gasteiger charge is 2.16. The molecule has 16 heavy (non-hydrogen) atoms.